The Labute approximate surface area is 193 Å². The van der Waals surface area contributed by atoms with Crippen LogP contribution in [0.15, 0.2) is 30.5 Å². The van der Waals surface area contributed by atoms with E-state index in [-0.39, 0.29) is 28.8 Å². The lowest BCUT2D eigenvalue weighted by molar-refractivity contribution is -0.142. The molecule has 2 N–H and O–H groups in total. The summed E-state index contributed by atoms with van der Waals surface area (Å²) in [6, 6.07) is 5.84. The second kappa shape index (κ2) is 8.68. The number of aromatic nitrogens is 3. The molecule has 34 heavy (non-hydrogen) atoms. The van der Waals surface area contributed by atoms with Crippen molar-refractivity contribution >= 4 is 27.8 Å². The monoisotopic (exact) mass is 475 g/mol. The molecule has 0 aliphatic rings. The number of hydrogen-bond acceptors (Lipinski definition) is 4. The molecule has 4 aromatic rings. The first-order valence-electron chi connectivity index (χ1n) is 10.5. The smallest absolute Gasteiger partial charge is 0.338 e. The highest BCUT2D eigenvalue weighted by molar-refractivity contribution is 6.00. The number of alkyl halides is 1. The Morgan fingerprint density at radius 1 is 1.26 bits per heavy atom. The van der Waals surface area contributed by atoms with Crippen molar-refractivity contribution in [2.75, 3.05) is 20.8 Å². The van der Waals surface area contributed by atoms with Crippen molar-refractivity contribution < 1.29 is 32.5 Å². The zero-order chi connectivity index (χ0) is 24.8. The molecule has 180 valence electrons. The molecule has 1 atom stereocenters. The highest BCUT2D eigenvalue weighted by Crippen LogP contribution is 2.41. The maximum atomic E-state index is 15.8. The number of aliphatic carboxylic acids is 1. The predicted molar refractivity (Wildman–Crippen MR) is 121 cm³/mol. The molecule has 0 aliphatic carbocycles. The Bertz CT molecular complexity index is 1390. The third kappa shape index (κ3) is 3.77. The van der Waals surface area contributed by atoms with Crippen LogP contribution in [0, 0.1) is 11.6 Å². The number of aromatic amines is 1. The average molecular weight is 475 g/mol. The van der Waals surface area contributed by atoms with Crippen LogP contribution in [0.5, 0.6) is 5.75 Å². The predicted octanol–water partition coefficient (Wildman–Crippen LogP) is 4.68. The van der Waals surface area contributed by atoms with E-state index in [9.17, 15) is 18.7 Å². The first kappa shape index (κ1) is 23.6. The normalized spacial score (nSPS) is 13.0. The Kier molecular flexibility index (Phi) is 6.03. The number of ether oxygens (including phenoxy) is 2. The summed E-state index contributed by atoms with van der Waals surface area (Å²) in [6.45, 7) is 3.81. The van der Waals surface area contributed by atoms with Crippen molar-refractivity contribution in [2.24, 2.45) is 0 Å². The third-order valence-electron chi connectivity index (χ3n) is 5.90. The molecule has 0 amide bonds. The van der Waals surface area contributed by atoms with Crippen molar-refractivity contribution in [3.8, 4) is 11.4 Å². The second-order valence-corrected chi connectivity index (χ2v) is 8.73. The van der Waals surface area contributed by atoms with E-state index >= 15 is 4.39 Å². The fourth-order valence-corrected chi connectivity index (χ4v) is 4.54. The number of nitrogens with one attached hydrogen (secondary N) is 1. The van der Waals surface area contributed by atoms with Gasteiger partial charge in [0.05, 0.1) is 25.4 Å². The Morgan fingerprint density at radius 2 is 2.00 bits per heavy atom. The van der Waals surface area contributed by atoms with Gasteiger partial charge in [-0.15, -0.1) is 0 Å². The molecule has 0 fully saturated rings. The molecule has 4 rings (SSSR count). The van der Waals surface area contributed by atoms with Crippen molar-refractivity contribution in [1.82, 2.24) is 14.8 Å². The summed E-state index contributed by atoms with van der Waals surface area (Å²) in [4.78, 5) is 11.4. The number of methoxy groups -OCH3 is 2. The van der Waals surface area contributed by atoms with Crippen molar-refractivity contribution in [2.45, 2.75) is 31.9 Å². The van der Waals surface area contributed by atoms with Gasteiger partial charge in [0.15, 0.2) is 17.4 Å². The summed E-state index contributed by atoms with van der Waals surface area (Å²) >= 11 is 0. The van der Waals surface area contributed by atoms with Crippen LogP contribution in [0.25, 0.3) is 27.5 Å². The fraction of sp³-hybridized carbons (Fsp3) is 0.333. The highest BCUT2D eigenvalue weighted by atomic mass is 19.1. The first-order chi connectivity index (χ1) is 16.1. The summed E-state index contributed by atoms with van der Waals surface area (Å²) in [5.74, 6) is -2.95. The van der Waals surface area contributed by atoms with Crippen LogP contribution in [0.3, 0.4) is 0 Å². The largest absolute Gasteiger partial charge is 0.494 e. The van der Waals surface area contributed by atoms with E-state index in [1.807, 2.05) is 13.8 Å². The van der Waals surface area contributed by atoms with Crippen molar-refractivity contribution in [3.05, 3.63) is 53.4 Å². The molecule has 0 saturated heterocycles. The summed E-state index contributed by atoms with van der Waals surface area (Å²) in [7, 11) is 2.83. The third-order valence-corrected chi connectivity index (χ3v) is 5.90. The minimum Gasteiger partial charge on any atom is -0.494 e. The highest BCUT2D eigenvalue weighted by Gasteiger charge is 2.35. The molecule has 10 heteroatoms. The molecular formula is C24H24F3N3O4. The molecule has 0 radical (unpaired) electrons. The van der Waals surface area contributed by atoms with Crippen LogP contribution in [-0.2, 0) is 21.4 Å². The molecule has 7 nitrogen and oxygen atoms in total. The average Bonchev–Trinajstić information content (AvgIpc) is 3.38. The molecule has 2 aromatic heterocycles. The summed E-state index contributed by atoms with van der Waals surface area (Å²) in [5, 5.41) is 16.3. The van der Waals surface area contributed by atoms with E-state index in [0.29, 0.717) is 22.3 Å². The van der Waals surface area contributed by atoms with Gasteiger partial charge in [0.1, 0.15) is 5.52 Å². The molecule has 0 bridgehead atoms. The number of rotatable bonds is 8. The van der Waals surface area contributed by atoms with Gasteiger partial charge in [0.25, 0.3) is 0 Å². The Morgan fingerprint density at radius 3 is 2.65 bits per heavy atom. The topological polar surface area (TPSA) is 89.4 Å². The van der Waals surface area contributed by atoms with Crippen molar-refractivity contribution in [1.29, 1.82) is 0 Å². The van der Waals surface area contributed by atoms with Gasteiger partial charge < -0.3 is 19.1 Å². The van der Waals surface area contributed by atoms with Crippen molar-refractivity contribution in [3.63, 3.8) is 0 Å². The molecule has 0 spiro atoms. The summed E-state index contributed by atoms with van der Waals surface area (Å²) in [6.07, 6.45) is -1.39. The molecule has 2 heterocycles. The van der Waals surface area contributed by atoms with Crippen LogP contribution >= 0.6 is 0 Å². The second-order valence-electron chi connectivity index (χ2n) is 8.73. The van der Waals surface area contributed by atoms with Gasteiger partial charge in [0, 0.05) is 47.2 Å². The zero-order valence-electron chi connectivity index (χ0n) is 19.1. The maximum absolute atomic E-state index is 15.8. The lowest BCUT2D eigenvalue weighted by Crippen LogP contribution is -2.29. The molecule has 0 aliphatic heterocycles. The SMILES string of the molecule is COCC(C)(C)c1c(C[C@H](F)C(=O)O)c2c(F)c3[nH]ncc3cc2n1-c1ccc(F)c(OC)c1. The standard InChI is InChI=1S/C24H24F3N3O4/c1-24(2,11-33-3)22-14(9-16(26)23(31)32)19-17(7-12-10-28-29-21(12)20(19)27)30(22)13-5-6-15(25)18(8-13)34-4/h5-8,10,16H,9,11H2,1-4H3,(H,28,29)(H,31,32)/t16-/m0/s1. The molecule has 0 saturated carbocycles. The molecule has 2 aromatic carbocycles. The van der Waals surface area contributed by atoms with Gasteiger partial charge >= 0.3 is 5.97 Å². The number of halogens is 3. The maximum Gasteiger partial charge on any atom is 0.338 e. The van der Waals surface area contributed by atoms with E-state index in [0.717, 1.165) is 0 Å². The molecular weight excluding hydrogens is 451 g/mol. The van der Waals surface area contributed by atoms with Crippen LogP contribution in [0.2, 0.25) is 0 Å². The number of carboxylic acids is 1. The van der Waals surface area contributed by atoms with Crippen LogP contribution < -0.4 is 4.74 Å². The van der Waals surface area contributed by atoms with E-state index in [2.05, 4.69) is 10.2 Å². The number of carboxylic acid groups (broad SMARTS) is 1. The van der Waals surface area contributed by atoms with E-state index in [1.54, 1.807) is 10.6 Å². The lowest BCUT2D eigenvalue weighted by atomic mass is 9.85. The number of benzene rings is 2. The fourth-order valence-electron chi connectivity index (χ4n) is 4.54. The van der Waals surface area contributed by atoms with E-state index in [4.69, 9.17) is 9.47 Å². The van der Waals surface area contributed by atoms with Gasteiger partial charge in [-0.3, -0.25) is 5.10 Å². The van der Waals surface area contributed by atoms with E-state index < -0.39 is 35.6 Å². The number of carbonyl (C=O) groups is 1. The summed E-state index contributed by atoms with van der Waals surface area (Å²) in [5.41, 5.74) is 0.713. The van der Waals surface area contributed by atoms with Gasteiger partial charge in [0.2, 0.25) is 6.17 Å². The van der Waals surface area contributed by atoms with Crippen LogP contribution in [0.4, 0.5) is 13.2 Å². The minimum atomic E-state index is -2.27. The number of H-pyrrole nitrogens is 1. The Balaban J connectivity index is 2.19. The quantitative estimate of drug-likeness (QED) is 0.386. The number of nitrogens with zero attached hydrogens (tertiary/aromatic N) is 2. The Hall–Kier alpha value is -3.53. The summed E-state index contributed by atoms with van der Waals surface area (Å²) < 4.78 is 56.9. The lowest BCUT2D eigenvalue weighted by Gasteiger charge is -2.28. The van der Waals surface area contributed by atoms with Gasteiger partial charge in [-0.1, -0.05) is 13.8 Å². The van der Waals surface area contributed by atoms with Gasteiger partial charge in [-0.2, -0.15) is 5.10 Å². The molecule has 0 unspecified atom stereocenters. The van der Waals surface area contributed by atoms with Gasteiger partial charge in [-0.25, -0.2) is 18.0 Å². The van der Waals surface area contributed by atoms with E-state index in [1.165, 1.54) is 38.6 Å². The zero-order valence-corrected chi connectivity index (χ0v) is 19.1. The number of hydrogen-bond donors (Lipinski definition) is 2. The van der Waals surface area contributed by atoms with Gasteiger partial charge in [-0.05, 0) is 23.8 Å². The minimum absolute atomic E-state index is 0.0323. The van der Waals surface area contributed by atoms with Crippen LogP contribution in [-0.4, -0.2) is 52.8 Å². The number of fused-ring (bicyclic) bond motifs is 2. The first-order valence-corrected chi connectivity index (χ1v) is 10.5. The van der Waals surface area contributed by atoms with Crippen LogP contribution in [0.1, 0.15) is 25.1 Å².